The standard InChI is InChI=1S/C16H17N3O2/c1-10-9-18-16(21-10)15(20)17-8-7-12-11(2)19-14-6-4-3-5-13(12)14/h3-6,9,19H,7-8H2,1-2H3,(H,17,20). The minimum atomic E-state index is -0.277. The van der Waals surface area contributed by atoms with Gasteiger partial charge in [-0.1, -0.05) is 18.2 Å². The number of carbonyl (C=O) groups excluding carboxylic acids is 1. The van der Waals surface area contributed by atoms with Gasteiger partial charge in [-0.3, -0.25) is 4.79 Å². The number of nitrogens with zero attached hydrogens (tertiary/aromatic N) is 1. The summed E-state index contributed by atoms with van der Waals surface area (Å²) in [7, 11) is 0. The highest BCUT2D eigenvalue weighted by Gasteiger charge is 2.12. The molecule has 0 saturated heterocycles. The highest BCUT2D eigenvalue weighted by molar-refractivity contribution is 5.89. The van der Waals surface area contributed by atoms with Gasteiger partial charge in [0.05, 0.1) is 6.20 Å². The number of carbonyl (C=O) groups is 1. The number of fused-ring (bicyclic) bond motifs is 1. The molecule has 2 N–H and O–H groups in total. The molecule has 3 aromatic rings. The molecule has 0 aliphatic rings. The topological polar surface area (TPSA) is 70.9 Å². The molecule has 0 fully saturated rings. The fourth-order valence-electron chi connectivity index (χ4n) is 2.49. The Labute approximate surface area is 122 Å². The molecule has 0 radical (unpaired) electrons. The van der Waals surface area contributed by atoms with E-state index in [2.05, 4.69) is 34.3 Å². The molecule has 5 heteroatoms. The van der Waals surface area contributed by atoms with E-state index in [1.165, 1.54) is 10.9 Å². The molecular formula is C16H17N3O2. The quantitative estimate of drug-likeness (QED) is 0.773. The van der Waals surface area contributed by atoms with Crippen LogP contribution in [0.4, 0.5) is 0 Å². The van der Waals surface area contributed by atoms with Gasteiger partial charge in [-0.05, 0) is 31.9 Å². The van der Waals surface area contributed by atoms with E-state index < -0.39 is 0 Å². The number of hydrogen-bond acceptors (Lipinski definition) is 3. The highest BCUT2D eigenvalue weighted by atomic mass is 16.4. The van der Waals surface area contributed by atoms with Crippen LogP contribution in [0.15, 0.2) is 34.9 Å². The third-order valence-electron chi connectivity index (χ3n) is 3.50. The van der Waals surface area contributed by atoms with Gasteiger partial charge in [-0.2, -0.15) is 0 Å². The monoisotopic (exact) mass is 283 g/mol. The number of amides is 1. The van der Waals surface area contributed by atoms with Crippen molar-refractivity contribution in [2.24, 2.45) is 0 Å². The van der Waals surface area contributed by atoms with Crippen LogP contribution in [0.25, 0.3) is 10.9 Å². The molecule has 0 saturated carbocycles. The van der Waals surface area contributed by atoms with Gasteiger partial charge < -0.3 is 14.7 Å². The minimum absolute atomic E-state index is 0.114. The van der Waals surface area contributed by atoms with Gasteiger partial charge >= 0.3 is 5.91 Å². The number of para-hydroxylation sites is 1. The molecule has 0 aliphatic heterocycles. The van der Waals surface area contributed by atoms with Gasteiger partial charge in [-0.25, -0.2) is 4.98 Å². The lowest BCUT2D eigenvalue weighted by atomic mass is 10.1. The van der Waals surface area contributed by atoms with Gasteiger partial charge in [0.25, 0.3) is 5.89 Å². The normalized spacial score (nSPS) is 11.0. The second-order valence-electron chi connectivity index (χ2n) is 5.06. The molecule has 1 aromatic carbocycles. The average Bonchev–Trinajstić information content (AvgIpc) is 3.03. The highest BCUT2D eigenvalue weighted by Crippen LogP contribution is 2.21. The van der Waals surface area contributed by atoms with E-state index >= 15 is 0 Å². The van der Waals surface area contributed by atoms with Gasteiger partial charge in [0.2, 0.25) is 0 Å². The number of H-pyrrole nitrogens is 1. The van der Waals surface area contributed by atoms with Crippen LogP contribution in [-0.2, 0) is 6.42 Å². The van der Waals surface area contributed by atoms with E-state index in [4.69, 9.17) is 4.42 Å². The van der Waals surface area contributed by atoms with Crippen LogP contribution in [0, 0.1) is 13.8 Å². The zero-order valence-electron chi connectivity index (χ0n) is 12.1. The Morgan fingerprint density at radius 3 is 2.90 bits per heavy atom. The van der Waals surface area contributed by atoms with Crippen molar-refractivity contribution in [3.8, 4) is 0 Å². The molecule has 5 nitrogen and oxygen atoms in total. The summed E-state index contributed by atoms with van der Waals surface area (Å²) in [6.45, 7) is 4.36. The van der Waals surface area contributed by atoms with Crippen molar-refractivity contribution in [2.75, 3.05) is 6.54 Å². The summed E-state index contributed by atoms with van der Waals surface area (Å²) in [6, 6.07) is 8.18. The number of aromatic amines is 1. The van der Waals surface area contributed by atoms with E-state index in [1.54, 1.807) is 13.1 Å². The molecule has 0 unspecified atom stereocenters. The maximum atomic E-state index is 11.9. The molecule has 2 aromatic heterocycles. The molecule has 0 atom stereocenters. The third kappa shape index (κ3) is 2.67. The molecule has 108 valence electrons. The fourth-order valence-corrected chi connectivity index (χ4v) is 2.49. The van der Waals surface area contributed by atoms with E-state index in [-0.39, 0.29) is 11.8 Å². The molecule has 0 bridgehead atoms. The smallest absolute Gasteiger partial charge is 0.307 e. The van der Waals surface area contributed by atoms with Gasteiger partial charge in [0.1, 0.15) is 5.76 Å². The van der Waals surface area contributed by atoms with Gasteiger partial charge in [0.15, 0.2) is 0 Å². The van der Waals surface area contributed by atoms with Crippen molar-refractivity contribution >= 4 is 16.8 Å². The van der Waals surface area contributed by atoms with Crippen LogP contribution < -0.4 is 5.32 Å². The van der Waals surface area contributed by atoms with Crippen molar-refractivity contribution in [3.05, 3.63) is 53.4 Å². The summed E-state index contributed by atoms with van der Waals surface area (Å²) in [5, 5.41) is 4.04. The largest absolute Gasteiger partial charge is 0.438 e. The van der Waals surface area contributed by atoms with Crippen molar-refractivity contribution in [1.82, 2.24) is 15.3 Å². The molecule has 2 heterocycles. The van der Waals surface area contributed by atoms with E-state index in [0.29, 0.717) is 12.3 Å². The number of rotatable bonds is 4. The zero-order chi connectivity index (χ0) is 14.8. The first-order valence-electron chi connectivity index (χ1n) is 6.92. The number of benzene rings is 1. The first-order chi connectivity index (χ1) is 10.1. The Morgan fingerprint density at radius 1 is 1.33 bits per heavy atom. The van der Waals surface area contributed by atoms with Crippen LogP contribution in [-0.4, -0.2) is 22.4 Å². The number of nitrogens with one attached hydrogen (secondary N) is 2. The SMILES string of the molecule is Cc1cnc(C(=O)NCCc2c(C)[nH]c3ccccc23)o1. The second kappa shape index (κ2) is 5.44. The predicted molar refractivity (Wildman–Crippen MR) is 80.3 cm³/mol. The van der Waals surface area contributed by atoms with Crippen LogP contribution in [0.5, 0.6) is 0 Å². The lowest BCUT2D eigenvalue weighted by Gasteiger charge is -2.03. The van der Waals surface area contributed by atoms with Crippen molar-refractivity contribution in [2.45, 2.75) is 20.3 Å². The Bertz CT molecular complexity index is 786. The number of hydrogen-bond donors (Lipinski definition) is 2. The first kappa shape index (κ1) is 13.4. The summed E-state index contributed by atoms with van der Waals surface area (Å²) in [4.78, 5) is 19.1. The Hall–Kier alpha value is -2.56. The van der Waals surface area contributed by atoms with E-state index in [9.17, 15) is 4.79 Å². The van der Waals surface area contributed by atoms with Crippen molar-refractivity contribution < 1.29 is 9.21 Å². The molecule has 3 rings (SSSR count). The number of oxazole rings is 1. The lowest BCUT2D eigenvalue weighted by molar-refractivity contribution is 0.0918. The number of aryl methyl sites for hydroxylation is 2. The maximum absolute atomic E-state index is 11.9. The van der Waals surface area contributed by atoms with Crippen molar-refractivity contribution in [1.29, 1.82) is 0 Å². The molecule has 0 spiro atoms. The predicted octanol–water partition coefficient (Wildman–Crippen LogP) is 2.75. The van der Waals surface area contributed by atoms with E-state index in [0.717, 1.165) is 17.6 Å². The number of aromatic nitrogens is 2. The molecule has 21 heavy (non-hydrogen) atoms. The summed E-state index contributed by atoms with van der Waals surface area (Å²) < 4.78 is 5.20. The van der Waals surface area contributed by atoms with Crippen LogP contribution in [0.3, 0.4) is 0 Å². The van der Waals surface area contributed by atoms with E-state index in [1.807, 2.05) is 12.1 Å². The minimum Gasteiger partial charge on any atom is -0.438 e. The third-order valence-corrected chi connectivity index (χ3v) is 3.50. The molecule has 1 amide bonds. The Balaban J connectivity index is 1.67. The van der Waals surface area contributed by atoms with Gasteiger partial charge in [-0.15, -0.1) is 0 Å². The lowest BCUT2D eigenvalue weighted by Crippen LogP contribution is -2.26. The Kier molecular flexibility index (Phi) is 3.48. The van der Waals surface area contributed by atoms with Gasteiger partial charge in [0, 0.05) is 23.1 Å². The summed E-state index contributed by atoms with van der Waals surface area (Å²) in [6.07, 6.45) is 2.31. The van der Waals surface area contributed by atoms with Crippen LogP contribution >= 0.6 is 0 Å². The summed E-state index contributed by atoms with van der Waals surface area (Å²) >= 11 is 0. The fraction of sp³-hybridized carbons (Fsp3) is 0.250. The van der Waals surface area contributed by atoms with Crippen LogP contribution in [0.1, 0.15) is 27.7 Å². The molecular weight excluding hydrogens is 266 g/mol. The summed E-state index contributed by atoms with van der Waals surface area (Å²) in [5.41, 5.74) is 3.49. The summed E-state index contributed by atoms with van der Waals surface area (Å²) in [5.74, 6) is 0.469. The molecule has 0 aliphatic carbocycles. The van der Waals surface area contributed by atoms with Crippen LogP contribution in [0.2, 0.25) is 0 Å². The zero-order valence-corrected chi connectivity index (χ0v) is 12.1. The van der Waals surface area contributed by atoms with Crippen molar-refractivity contribution in [3.63, 3.8) is 0 Å². The first-order valence-corrected chi connectivity index (χ1v) is 6.92. The maximum Gasteiger partial charge on any atom is 0.307 e. The second-order valence-corrected chi connectivity index (χ2v) is 5.06. The Morgan fingerprint density at radius 2 is 2.14 bits per heavy atom. The average molecular weight is 283 g/mol.